The second-order valence-corrected chi connectivity index (χ2v) is 8.47. The minimum atomic E-state index is -3.58. The summed E-state index contributed by atoms with van der Waals surface area (Å²) in [5, 5.41) is 0. The molecular weight excluding hydrogens is 370 g/mol. The maximum absolute atomic E-state index is 13.2. The van der Waals surface area contributed by atoms with Gasteiger partial charge >= 0.3 is 0 Å². The van der Waals surface area contributed by atoms with Crippen LogP contribution in [-0.2, 0) is 10.0 Å². The van der Waals surface area contributed by atoms with Crippen molar-refractivity contribution in [2.75, 3.05) is 7.11 Å². The molecule has 0 spiro atoms. The fourth-order valence-electron chi connectivity index (χ4n) is 3.36. The van der Waals surface area contributed by atoms with E-state index in [0.717, 1.165) is 16.9 Å². The fourth-order valence-corrected chi connectivity index (χ4v) is 5.10. The number of sulfonamides is 1. The van der Waals surface area contributed by atoms with Gasteiger partial charge in [-0.3, -0.25) is 0 Å². The lowest BCUT2D eigenvalue weighted by Gasteiger charge is -2.07. The van der Waals surface area contributed by atoms with Gasteiger partial charge in [-0.1, -0.05) is 72.8 Å². The molecule has 0 aromatic heterocycles. The van der Waals surface area contributed by atoms with E-state index < -0.39 is 10.0 Å². The molecule has 1 unspecified atom stereocenters. The van der Waals surface area contributed by atoms with Crippen LogP contribution in [0.25, 0.3) is 6.08 Å². The van der Waals surface area contributed by atoms with E-state index in [1.807, 2.05) is 72.8 Å². The molecule has 142 valence electrons. The second-order valence-electron chi connectivity index (χ2n) is 6.63. The van der Waals surface area contributed by atoms with Crippen molar-refractivity contribution in [1.82, 2.24) is 4.31 Å². The van der Waals surface area contributed by atoms with Gasteiger partial charge in [0.1, 0.15) is 5.75 Å². The van der Waals surface area contributed by atoms with Crippen molar-refractivity contribution in [1.29, 1.82) is 0 Å². The average Bonchev–Trinajstić information content (AvgIpc) is 3.49. The molecular formula is C23H21NO3S. The predicted octanol–water partition coefficient (Wildman–Crippen LogP) is 4.52. The van der Waals surface area contributed by atoms with Crippen LogP contribution in [-0.4, -0.2) is 25.9 Å². The molecule has 4 nitrogen and oxygen atoms in total. The number of methoxy groups -OCH3 is 1. The third-order valence-corrected chi connectivity index (χ3v) is 6.76. The molecule has 5 heteroatoms. The number of hydrogen-bond acceptors (Lipinski definition) is 3. The molecule has 4 rings (SSSR count). The monoisotopic (exact) mass is 391 g/mol. The summed E-state index contributed by atoms with van der Waals surface area (Å²) < 4.78 is 33.2. The van der Waals surface area contributed by atoms with Gasteiger partial charge in [-0.2, -0.15) is 4.31 Å². The summed E-state index contributed by atoms with van der Waals surface area (Å²) in [5.41, 5.74) is 1.99. The van der Waals surface area contributed by atoms with Gasteiger partial charge in [0.15, 0.2) is 0 Å². The molecule has 0 N–H and O–H groups in total. The number of nitrogens with zero attached hydrogens (tertiary/aromatic N) is 1. The predicted molar refractivity (Wildman–Crippen MR) is 110 cm³/mol. The zero-order valence-electron chi connectivity index (χ0n) is 15.5. The summed E-state index contributed by atoms with van der Waals surface area (Å²) in [6.45, 7) is 0. The van der Waals surface area contributed by atoms with Gasteiger partial charge in [0, 0.05) is 0 Å². The summed E-state index contributed by atoms with van der Waals surface area (Å²) in [5.74, 6) is 0.748. The van der Waals surface area contributed by atoms with E-state index in [9.17, 15) is 8.42 Å². The van der Waals surface area contributed by atoms with Crippen molar-refractivity contribution in [3.05, 3.63) is 102 Å². The van der Waals surface area contributed by atoms with E-state index in [-0.39, 0.29) is 12.1 Å². The maximum atomic E-state index is 13.2. The highest BCUT2D eigenvalue weighted by Gasteiger charge is 2.54. The normalized spacial score (nSPS) is 21.5. The summed E-state index contributed by atoms with van der Waals surface area (Å²) in [6, 6.07) is 25.6. The van der Waals surface area contributed by atoms with Crippen LogP contribution < -0.4 is 4.74 Å². The lowest BCUT2D eigenvalue weighted by molar-refractivity contribution is 0.414. The Morgan fingerprint density at radius 3 is 2.07 bits per heavy atom. The highest BCUT2D eigenvalue weighted by atomic mass is 32.2. The zero-order valence-corrected chi connectivity index (χ0v) is 16.3. The SMILES string of the molecule is COc1ccc([C@H]2[C@H](/C=C/c3ccccc3)N2S(=O)(=O)c2ccccc2)cc1. The maximum Gasteiger partial charge on any atom is 0.244 e. The van der Waals surface area contributed by atoms with Crippen molar-refractivity contribution < 1.29 is 13.2 Å². The molecule has 0 radical (unpaired) electrons. The first-order valence-corrected chi connectivity index (χ1v) is 10.5. The first-order valence-electron chi connectivity index (χ1n) is 9.07. The van der Waals surface area contributed by atoms with Crippen molar-refractivity contribution >= 4 is 16.1 Å². The highest BCUT2D eigenvalue weighted by Crippen LogP contribution is 2.48. The van der Waals surface area contributed by atoms with Crippen LogP contribution in [0.4, 0.5) is 0 Å². The van der Waals surface area contributed by atoms with E-state index in [1.54, 1.807) is 35.7 Å². The Morgan fingerprint density at radius 1 is 0.857 bits per heavy atom. The first kappa shape index (κ1) is 18.5. The molecule has 28 heavy (non-hydrogen) atoms. The smallest absolute Gasteiger partial charge is 0.244 e. The minimum Gasteiger partial charge on any atom is -0.497 e. The van der Waals surface area contributed by atoms with Crippen LogP contribution in [0.1, 0.15) is 17.2 Å². The van der Waals surface area contributed by atoms with Crippen LogP contribution in [0.3, 0.4) is 0 Å². The van der Waals surface area contributed by atoms with Crippen LogP contribution in [0.5, 0.6) is 5.75 Å². The van der Waals surface area contributed by atoms with Gasteiger partial charge in [0.2, 0.25) is 10.0 Å². The largest absolute Gasteiger partial charge is 0.497 e. The van der Waals surface area contributed by atoms with Crippen molar-refractivity contribution in [3.63, 3.8) is 0 Å². The van der Waals surface area contributed by atoms with Gasteiger partial charge in [-0.05, 0) is 35.4 Å². The van der Waals surface area contributed by atoms with Crippen LogP contribution in [0.15, 0.2) is 95.9 Å². The molecule has 1 saturated heterocycles. The topological polar surface area (TPSA) is 46.4 Å². The molecule has 1 aliphatic rings. The van der Waals surface area contributed by atoms with E-state index in [2.05, 4.69) is 0 Å². The van der Waals surface area contributed by atoms with Gasteiger partial charge in [0.05, 0.1) is 24.1 Å². The number of benzene rings is 3. The van der Waals surface area contributed by atoms with Crippen LogP contribution in [0, 0.1) is 0 Å². The van der Waals surface area contributed by atoms with Gasteiger partial charge in [-0.25, -0.2) is 8.42 Å². The molecule has 0 saturated carbocycles. The van der Waals surface area contributed by atoms with Gasteiger partial charge < -0.3 is 4.74 Å². The fraction of sp³-hybridized carbons (Fsp3) is 0.130. The molecule has 1 fully saturated rings. The van der Waals surface area contributed by atoms with Crippen LogP contribution >= 0.6 is 0 Å². The number of hydrogen-bond donors (Lipinski definition) is 0. The van der Waals surface area contributed by atoms with E-state index >= 15 is 0 Å². The van der Waals surface area contributed by atoms with E-state index in [0.29, 0.717) is 4.90 Å². The molecule has 1 heterocycles. The molecule has 3 aromatic rings. The minimum absolute atomic E-state index is 0.223. The summed E-state index contributed by atoms with van der Waals surface area (Å²) in [6.07, 6.45) is 3.94. The average molecular weight is 391 g/mol. The highest BCUT2D eigenvalue weighted by molar-refractivity contribution is 7.89. The zero-order chi connectivity index (χ0) is 19.6. The van der Waals surface area contributed by atoms with Crippen molar-refractivity contribution in [2.45, 2.75) is 17.0 Å². The third-order valence-electron chi connectivity index (χ3n) is 4.86. The lowest BCUT2D eigenvalue weighted by Crippen LogP contribution is -2.14. The number of ether oxygens (including phenoxy) is 1. The van der Waals surface area contributed by atoms with Gasteiger partial charge in [0.25, 0.3) is 0 Å². The number of rotatable bonds is 6. The Hall–Kier alpha value is -2.89. The van der Waals surface area contributed by atoms with Gasteiger partial charge in [-0.15, -0.1) is 0 Å². The van der Waals surface area contributed by atoms with E-state index in [1.165, 1.54) is 0 Å². The van der Waals surface area contributed by atoms with Crippen molar-refractivity contribution in [3.8, 4) is 5.75 Å². The molecule has 1 aliphatic heterocycles. The molecule has 0 amide bonds. The summed E-state index contributed by atoms with van der Waals surface area (Å²) in [4.78, 5) is 0.309. The standard InChI is InChI=1S/C23H21NO3S/c1-27-20-15-13-19(14-16-20)23-22(17-12-18-8-4-2-5-9-18)24(23)28(25,26)21-10-6-3-7-11-21/h2-17,22-23H,1H3/b17-12+/t22-,23-,24?/m0/s1. The molecule has 0 aliphatic carbocycles. The third kappa shape index (κ3) is 3.59. The second kappa shape index (κ2) is 7.62. The Bertz CT molecular complexity index is 1060. The molecule has 3 atom stereocenters. The Kier molecular flexibility index (Phi) is 5.03. The van der Waals surface area contributed by atoms with Crippen molar-refractivity contribution in [2.24, 2.45) is 0 Å². The Morgan fingerprint density at radius 2 is 1.46 bits per heavy atom. The Balaban J connectivity index is 1.67. The Labute approximate surface area is 165 Å². The quantitative estimate of drug-likeness (QED) is 0.580. The first-order chi connectivity index (χ1) is 13.6. The summed E-state index contributed by atoms with van der Waals surface area (Å²) in [7, 11) is -1.97. The van der Waals surface area contributed by atoms with E-state index in [4.69, 9.17) is 4.74 Å². The lowest BCUT2D eigenvalue weighted by atomic mass is 10.1. The summed E-state index contributed by atoms with van der Waals surface area (Å²) >= 11 is 0. The molecule has 0 bridgehead atoms. The van der Waals surface area contributed by atoms with Crippen LogP contribution in [0.2, 0.25) is 0 Å². The molecule has 3 aromatic carbocycles.